The fourth-order valence-electron chi connectivity index (χ4n) is 1.83. The second-order valence-corrected chi connectivity index (χ2v) is 4.22. The normalized spacial score (nSPS) is 11.1. The first-order chi connectivity index (χ1) is 8.72. The molecule has 2 aromatic heterocycles. The van der Waals surface area contributed by atoms with Gasteiger partial charge in [-0.15, -0.1) is 0 Å². The molecule has 0 aliphatic rings. The van der Waals surface area contributed by atoms with Crippen LogP contribution in [-0.4, -0.2) is 26.2 Å². The van der Waals surface area contributed by atoms with E-state index in [2.05, 4.69) is 15.5 Å². The Hall–Kier alpha value is -1.69. The Morgan fingerprint density at radius 3 is 2.83 bits per heavy atom. The molecule has 0 atom stereocenters. The van der Waals surface area contributed by atoms with Crippen molar-refractivity contribution in [2.75, 3.05) is 6.67 Å². The molecule has 1 N–H and O–H groups in total. The fraction of sp³-hybridized carbons (Fsp3) is 0.500. The summed E-state index contributed by atoms with van der Waals surface area (Å²) in [6.07, 6.45) is 3.56. The van der Waals surface area contributed by atoms with Crippen LogP contribution in [-0.2, 0) is 26.7 Å². The van der Waals surface area contributed by atoms with Crippen LogP contribution >= 0.6 is 0 Å². The van der Waals surface area contributed by atoms with Gasteiger partial charge in [0.15, 0.2) is 0 Å². The molecule has 0 aliphatic heterocycles. The van der Waals surface area contributed by atoms with Crippen molar-refractivity contribution < 1.29 is 4.39 Å². The summed E-state index contributed by atoms with van der Waals surface area (Å²) in [5.74, 6) is 0. The highest BCUT2D eigenvalue weighted by atomic mass is 19.1. The Labute approximate surface area is 106 Å². The number of aromatic nitrogens is 4. The van der Waals surface area contributed by atoms with Crippen LogP contribution < -0.4 is 5.32 Å². The van der Waals surface area contributed by atoms with Crippen LogP contribution in [0.4, 0.5) is 4.39 Å². The van der Waals surface area contributed by atoms with Crippen molar-refractivity contribution in [1.82, 2.24) is 24.9 Å². The number of alkyl halides is 1. The van der Waals surface area contributed by atoms with Gasteiger partial charge >= 0.3 is 0 Å². The molecule has 0 spiro atoms. The van der Waals surface area contributed by atoms with Gasteiger partial charge in [-0.3, -0.25) is 9.36 Å². The number of aryl methyl sites for hydroxylation is 2. The van der Waals surface area contributed by atoms with E-state index in [9.17, 15) is 4.39 Å². The summed E-state index contributed by atoms with van der Waals surface area (Å²) in [5, 5.41) is 11.6. The van der Waals surface area contributed by atoms with Crippen LogP contribution in [0.25, 0.3) is 0 Å². The molecule has 0 bridgehead atoms. The Bertz CT molecular complexity index is 502. The van der Waals surface area contributed by atoms with E-state index in [1.54, 1.807) is 10.9 Å². The molecule has 0 aromatic carbocycles. The van der Waals surface area contributed by atoms with Crippen molar-refractivity contribution in [3.8, 4) is 0 Å². The molecule has 0 saturated heterocycles. The molecule has 2 rings (SSSR count). The van der Waals surface area contributed by atoms with Gasteiger partial charge in [-0.1, -0.05) is 0 Å². The van der Waals surface area contributed by atoms with Gasteiger partial charge in [0.1, 0.15) is 6.67 Å². The molecular formula is C12H18FN5. The summed E-state index contributed by atoms with van der Waals surface area (Å²) in [5.41, 5.74) is 3.32. The highest BCUT2D eigenvalue weighted by Gasteiger charge is 2.05. The van der Waals surface area contributed by atoms with E-state index in [-0.39, 0.29) is 0 Å². The molecule has 5 nitrogen and oxygen atoms in total. The van der Waals surface area contributed by atoms with E-state index < -0.39 is 6.67 Å². The largest absolute Gasteiger partial charge is 0.307 e. The van der Waals surface area contributed by atoms with Crippen LogP contribution in [0.5, 0.6) is 0 Å². The van der Waals surface area contributed by atoms with Crippen LogP contribution in [0.15, 0.2) is 18.5 Å². The quantitative estimate of drug-likeness (QED) is 0.838. The molecule has 0 amide bonds. The minimum absolute atomic E-state index is 0.315. The third-order valence-electron chi connectivity index (χ3n) is 3.06. The van der Waals surface area contributed by atoms with E-state index in [0.717, 1.165) is 17.9 Å². The zero-order valence-corrected chi connectivity index (χ0v) is 10.7. The standard InChI is InChI=1S/C12H18FN5/c1-10-11(8-16-17(10)2)7-14-9-12-3-5-15-18(12)6-4-13/h3,5,8,14H,4,6-7,9H2,1-2H3. The number of nitrogens with zero attached hydrogens (tertiary/aromatic N) is 4. The average Bonchev–Trinajstić information content (AvgIpc) is 2.92. The predicted molar refractivity (Wildman–Crippen MR) is 66.7 cm³/mol. The lowest BCUT2D eigenvalue weighted by Gasteiger charge is -2.07. The zero-order valence-electron chi connectivity index (χ0n) is 10.7. The van der Waals surface area contributed by atoms with Gasteiger partial charge in [0.2, 0.25) is 0 Å². The lowest BCUT2D eigenvalue weighted by Crippen LogP contribution is -2.17. The molecule has 0 unspecified atom stereocenters. The lowest BCUT2D eigenvalue weighted by molar-refractivity contribution is 0.417. The van der Waals surface area contributed by atoms with Gasteiger partial charge in [-0.25, -0.2) is 4.39 Å². The van der Waals surface area contributed by atoms with Crippen molar-refractivity contribution in [3.63, 3.8) is 0 Å². The predicted octanol–water partition coefficient (Wildman–Crippen LogP) is 1.18. The van der Waals surface area contributed by atoms with Gasteiger partial charge in [0.25, 0.3) is 0 Å². The van der Waals surface area contributed by atoms with Gasteiger partial charge in [-0.2, -0.15) is 10.2 Å². The lowest BCUT2D eigenvalue weighted by atomic mass is 10.2. The summed E-state index contributed by atoms with van der Waals surface area (Å²) in [6, 6.07) is 1.90. The minimum Gasteiger partial charge on any atom is -0.307 e. The Morgan fingerprint density at radius 1 is 1.33 bits per heavy atom. The summed E-state index contributed by atoms with van der Waals surface area (Å²) >= 11 is 0. The van der Waals surface area contributed by atoms with Crippen molar-refractivity contribution in [3.05, 3.63) is 35.4 Å². The monoisotopic (exact) mass is 251 g/mol. The molecule has 0 aliphatic carbocycles. The van der Waals surface area contributed by atoms with Gasteiger partial charge in [-0.05, 0) is 13.0 Å². The Balaban J connectivity index is 1.88. The van der Waals surface area contributed by atoms with Crippen LogP contribution in [0, 0.1) is 6.92 Å². The molecule has 2 aromatic rings. The molecule has 6 heteroatoms. The van der Waals surface area contributed by atoms with Crippen molar-refractivity contribution >= 4 is 0 Å². The maximum absolute atomic E-state index is 12.3. The SMILES string of the molecule is Cc1c(CNCc2ccnn2CCF)cnn1C. The van der Waals surface area contributed by atoms with Crippen LogP contribution in [0.2, 0.25) is 0 Å². The molecule has 98 valence electrons. The zero-order chi connectivity index (χ0) is 13.0. The maximum Gasteiger partial charge on any atom is 0.109 e. The summed E-state index contributed by atoms with van der Waals surface area (Å²) in [6.45, 7) is 3.39. The Morgan fingerprint density at radius 2 is 2.17 bits per heavy atom. The van der Waals surface area contributed by atoms with E-state index in [0.29, 0.717) is 13.1 Å². The first-order valence-corrected chi connectivity index (χ1v) is 5.97. The Kier molecular flexibility index (Phi) is 4.09. The van der Waals surface area contributed by atoms with E-state index in [1.807, 2.05) is 30.9 Å². The minimum atomic E-state index is -0.392. The summed E-state index contributed by atoms with van der Waals surface area (Å²) in [4.78, 5) is 0. The smallest absolute Gasteiger partial charge is 0.109 e. The molecule has 0 saturated carbocycles. The third kappa shape index (κ3) is 2.76. The second kappa shape index (κ2) is 5.77. The fourth-order valence-corrected chi connectivity index (χ4v) is 1.83. The van der Waals surface area contributed by atoms with Crippen LogP contribution in [0.1, 0.15) is 17.0 Å². The van der Waals surface area contributed by atoms with Crippen LogP contribution in [0.3, 0.4) is 0 Å². The van der Waals surface area contributed by atoms with Gasteiger partial charge in [0, 0.05) is 37.6 Å². The first-order valence-electron chi connectivity index (χ1n) is 5.97. The van der Waals surface area contributed by atoms with E-state index in [4.69, 9.17) is 0 Å². The molecule has 0 radical (unpaired) electrons. The van der Waals surface area contributed by atoms with Crippen molar-refractivity contribution in [1.29, 1.82) is 0 Å². The van der Waals surface area contributed by atoms with Gasteiger partial charge in [0.05, 0.1) is 18.4 Å². The van der Waals surface area contributed by atoms with Gasteiger partial charge < -0.3 is 5.32 Å². The van der Waals surface area contributed by atoms with E-state index >= 15 is 0 Å². The highest BCUT2D eigenvalue weighted by Crippen LogP contribution is 2.05. The topological polar surface area (TPSA) is 47.7 Å². The molecule has 2 heterocycles. The number of hydrogen-bond acceptors (Lipinski definition) is 3. The third-order valence-corrected chi connectivity index (χ3v) is 3.06. The summed E-state index contributed by atoms with van der Waals surface area (Å²) in [7, 11) is 1.93. The second-order valence-electron chi connectivity index (χ2n) is 4.22. The maximum atomic E-state index is 12.3. The average molecular weight is 251 g/mol. The number of hydrogen-bond donors (Lipinski definition) is 1. The number of halogens is 1. The highest BCUT2D eigenvalue weighted by molar-refractivity contribution is 5.15. The molecule has 18 heavy (non-hydrogen) atoms. The van der Waals surface area contributed by atoms with Crippen molar-refractivity contribution in [2.24, 2.45) is 7.05 Å². The molecule has 0 fully saturated rings. The number of nitrogens with one attached hydrogen (secondary N) is 1. The summed E-state index contributed by atoms with van der Waals surface area (Å²) < 4.78 is 15.8. The van der Waals surface area contributed by atoms with E-state index in [1.165, 1.54) is 5.56 Å². The van der Waals surface area contributed by atoms with Crippen molar-refractivity contribution in [2.45, 2.75) is 26.6 Å². The molecular weight excluding hydrogens is 233 g/mol. The number of rotatable bonds is 6. The first kappa shape index (κ1) is 12.8.